The van der Waals surface area contributed by atoms with E-state index in [9.17, 15) is 4.79 Å². The van der Waals surface area contributed by atoms with Crippen molar-refractivity contribution in [2.75, 3.05) is 36.8 Å². The topological polar surface area (TPSA) is 75.6 Å². The third-order valence-corrected chi connectivity index (χ3v) is 4.32. The summed E-state index contributed by atoms with van der Waals surface area (Å²) in [4.78, 5) is 16.0. The lowest BCUT2D eigenvalue weighted by molar-refractivity contribution is 0.100. The monoisotopic (exact) mass is 310 g/mol. The Morgan fingerprint density at radius 2 is 1.70 bits per heavy atom. The number of hydrogen-bond donors (Lipinski definition) is 2. The minimum Gasteiger partial charge on any atom is -0.398 e. The summed E-state index contributed by atoms with van der Waals surface area (Å²) in [6.45, 7) is 4.79. The molecule has 1 aliphatic heterocycles. The van der Waals surface area contributed by atoms with Gasteiger partial charge in [-0.25, -0.2) is 0 Å². The van der Waals surface area contributed by atoms with Crippen molar-refractivity contribution in [2.24, 2.45) is 5.73 Å². The van der Waals surface area contributed by atoms with Crippen LogP contribution in [0.2, 0.25) is 0 Å². The van der Waals surface area contributed by atoms with Crippen molar-refractivity contribution in [1.82, 2.24) is 4.90 Å². The van der Waals surface area contributed by atoms with Crippen molar-refractivity contribution in [2.45, 2.75) is 6.54 Å². The van der Waals surface area contributed by atoms with E-state index in [1.165, 1.54) is 5.69 Å². The molecule has 0 radical (unpaired) electrons. The van der Waals surface area contributed by atoms with E-state index in [1.54, 1.807) is 12.1 Å². The van der Waals surface area contributed by atoms with Crippen molar-refractivity contribution in [3.05, 3.63) is 59.7 Å². The number of anilines is 2. The maximum Gasteiger partial charge on any atom is 0.248 e. The van der Waals surface area contributed by atoms with Crippen molar-refractivity contribution in [3.8, 4) is 0 Å². The summed E-state index contributed by atoms with van der Waals surface area (Å²) in [5.74, 6) is -0.445. The average molecular weight is 310 g/mol. The third kappa shape index (κ3) is 3.63. The van der Waals surface area contributed by atoms with Gasteiger partial charge in [0.15, 0.2) is 0 Å². The molecule has 5 heteroatoms. The van der Waals surface area contributed by atoms with Crippen LogP contribution < -0.4 is 16.4 Å². The molecule has 0 aromatic heterocycles. The first-order chi connectivity index (χ1) is 11.1. The van der Waals surface area contributed by atoms with Gasteiger partial charge in [0.2, 0.25) is 5.91 Å². The minimum atomic E-state index is -0.445. The summed E-state index contributed by atoms with van der Waals surface area (Å²) in [5, 5.41) is 0. The lowest BCUT2D eigenvalue weighted by Gasteiger charge is -2.36. The molecule has 2 aromatic rings. The van der Waals surface area contributed by atoms with Crippen LogP contribution in [0.15, 0.2) is 48.5 Å². The molecule has 0 saturated carbocycles. The Bertz CT molecular complexity index is 679. The molecule has 23 heavy (non-hydrogen) atoms. The zero-order valence-corrected chi connectivity index (χ0v) is 13.1. The van der Waals surface area contributed by atoms with Gasteiger partial charge in [-0.15, -0.1) is 0 Å². The highest BCUT2D eigenvalue weighted by molar-refractivity contribution is 5.93. The normalized spacial score (nSPS) is 15.6. The number of piperazine rings is 1. The minimum absolute atomic E-state index is 0.445. The van der Waals surface area contributed by atoms with Gasteiger partial charge in [0.25, 0.3) is 0 Å². The number of carbonyl (C=O) groups is 1. The molecular formula is C18H22N4O. The highest BCUT2D eigenvalue weighted by Crippen LogP contribution is 2.19. The van der Waals surface area contributed by atoms with E-state index in [1.807, 2.05) is 12.1 Å². The van der Waals surface area contributed by atoms with Crippen molar-refractivity contribution in [3.63, 3.8) is 0 Å². The predicted molar refractivity (Wildman–Crippen MR) is 93.3 cm³/mol. The van der Waals surface area contributed by atoms with Crippen LogP contribution >= 0.6 is 0 Å². The van der Waals surface area contributed by atoms with E-state index in [0.717, 1.165) is 38.3 Å². The number of primary amides is 1. The molecule has 0 unspecified atom stereocenters. The van der Waals surface area contributed by atoms with E-state index >= 15 is 0 Å². The first-order valence-electron chi connectivity index (χ1n) is 7.84. The van der Waals surface area contributed by atoms with Gasteiger partial charge in [0, 0.05) is 49.7 Å². The van der Waals surface area contributed by atoms with Gasteiger partial charge in [-0.1, -0.05) is 24.3 Å². The number of para-hydroxylation sites is 1. The Hall–Kier alpha value is -2.53. The van der Waals surface area contributed by atoms with Gasteiger partial charge < -0.3 is 16.4 Å². The molecule has 0 atom stereocenters. The van der Waals surface area contributed by atoms with E-state index in [2.05, 4.69) is 34.1 Å². The Morgan fingerprint density at radius 3 is 2.30 bits per heavy atom. The first kappa shape index (κ1) is 15.4. The highest BCUT2D eigenvalue weighted by atomic mass is 16.1. The number of nitrogens with two attached hydrogens (primary N) is 2. The Balaban J connectivity index is 1.60. The van der Waals surface area contributed by atoms with Crippen LogP contribution in [-0.4, -0.2) is 37.0 Å². The van der Waals surface area contributed by atoms with Crippen LogP contribution in [0.3, 0.4) is 0 Å². The zero-order chi connectivity index (χ0) is 16.2. The van der Waals surface area contributed by atoms with Crippen molar-refractivity contribution < 1.29 is 4.79 Å². The second-order valence-corrected chi connectivity index (χ2v) is 5.88. The Kier molecular flexibility index (Phi) is 4.48. The first-order valence-corrected chi connectivity index (χ1v) is 7.84. The molecule has 1 amide bonds. The van der Waals surface area contributed by atoms with Gasteiger partial charge >= 0.3 is 0 Å². The molecule has 1 saturated heterocycles. The number of carbonyl (C=O) groups excluding carboxylic acids is 1. The Morgan fingerprint density at radius 1 is 1.00 bits per heavy atom. The van der Waals surface area contributed by atoms with Crippen LogP contribution in [0, 0.1) is 0 Å². The predicted octanol–water partition coefficient (Wildman–Crippen LogP) is 1.69. The second-order valence-electron chi connectivity index (χ2n) is 5.88. The lowest BCUT2D eigenvalue weighted by Crippen LogP contribution is -2.46. The molecule has 2 aromatic carbocycles. The largest absolute Gasteiger partial charge is 0.398 e. The number of amides is 1. The summed E-state index contributed by atoms with van der Waals surface area (Å²) in [7, 11) is 0. The number of nitrogen functional groups attached to an aromatic ring is 1. The van der Waals surface area contributed by atoms with Gasteiger partial charge in [-0.2, -0.15) is 0 Å². The van der Waals surface area contributed by atoms with Gasteiger partial charge in [0.1, 0.15) is 0 Å². The quantitative estimate of drug-likeness (QED) is 0.843. The van der Waals surface area contributed by atoms with Crippen LogP contribution in [-0.2, 0) is 6.54 Å². The molecule has 0 spiro atoms. The third-order valence-electron chi connectivity index (χ3n) is 4.32. The fraction of sp³-hybridized carbons (Fsp3) is 0.278. The molecule has 1 heterocycles. The number of hydrogen-bond acceptors (Lipinski definition) is 4. The second kappa shape index (κ2) is 6.71. The fourth-order valence-corrected chi connectivity index (χ4v) is 2.94. The van der Waals surface area contributed by atoms with E-state index in [4.69, 9.17) is 11.5 Å². The van der Waals surface area contributed by atoms with Gasteiger partial charge in [0.05, 0.1) is 0 Å². The van der Waals surface area contributed by atoms with Gasteiger partial charge in [-0.3, -0.25) is 9.69 Å². The maximum atomic E-state index is 11.2. The van der Waals surface area contributed by atoms with E-state index < -0.39 is 5.91 Å². The molecule has 0 bridgehead atoms. The van der Waals surface area contributed by atoms with Crippen molar-refractivity contribution >= 4 is 17.3 Å². The van der Waals surface area contributed by atoms with Crippen LogP contribution in [0.4, 0.5) is 11.4 Å². The zero-order valence-electron chi connectivity index (χ0n) is 13.1. The van der Waals surface area contributed by atoms with Crippen LogP contribution in [0.5, 0.6) is 0 Å². The fourth-order valence-electron chi connectivity index (χ4n) is 2.94. The number of nitrogens with zero attached hydrogens (tertiary/aromatic N) is 2. The molecule has 4 N–H and O–H groups in total. The number of benzene rings is 2. The Labute approximate surface area is 136 Å². The summed E-state index contributed by atoms with van der Waals surface area (Å²) >= 11 is 0. The molecule has 3 rings (SSSR count). The van der Waals surface area contributed by atoms with E-state index in [0.29, 0.717) is 11.3 Å². The summed E-state index contributed by atoms with van der Waals surface area (Å²) in [5.41, 5.74) is 14.7. The SMILES string of the molecule is NC(=O)c1ccc(CN2CCN(c3ccccc3)CC2)c(N)c1. The standard InChI is InChI=1S/C18H22N4O/c19-17-12-14(18(20)23)6-7-15(17)13-21-8-10-22(11-9-21)16-4-2-1-3-5-16/h1-7,12H,8-11,13,19H2,(H2,20,23). The molecule has 5 nitrogen and oxygen atoms in total. The maximum absolute atomic E-state index is 11.2. The molecule has 1 aliphatic rings. The number of rotatable bonds is 4. The van der Waals surface area contributed by atoms with Crippen LogP contribution in [0.1, 0.15) is 15.9 Å². The van der Waals surface area contributed by atoms with Crippen LogP contribution in [0.25, 0.3) is 0 Å². The van der Waals surface area contributed by atoms with Gasteiger partial charge in [-0.05, 0) is 29.8 Å². The molecule has 1 fully saturated rings. The molecule has 120 valence electrons. The smallest absolute Gasteiger partial charge is 0.248 e. The highest BCUT2D eigenvalue weighted by Gasteiger charge is 2.18. The average Bonchev–Trinajstić information content (AvgIpc) is 2.58. The lowest BCUT2D eigenvalue weighted by atomic mass is 10.1. The van der Waals surface area contributed by atoms with Crippen molar-refractivity contribution in [1.29, 1.82) is 0 Å². The summed E-state index contributed by atoms with van der Waals surface area (Å²) in [6.07, 6.45) is 0. The summed E-state index contributed by atoms with van der Waals surface area (Å²) in [6, 6.07) is 15.8. The summed E-state index contributed by atoms with van der Waals surface area (Å²) < 4.78 is 0. The molecule has 0 aliphatic carbocycles. The van der Waals surface area contributed by atoms with E-state index in [-0.39, 0.29) is 0 Å². The molecular weight excluding hydrogens is 288 g/mol.